The summed E-state index contributed by atoms with van der Waals surface area (Å²) in [6.45, 7) is 2.55. The third-order valence-electron chi connectivity index (χ3n) is 6.83. The summed E-state index contributed by atoms with van der Waals surface area (Å²) in [7, 11) is 0. The summed E-state index contributed by atoms with van der Waals surface area (Å²) in [5.41, 5.74) is -0.356. The second-order valence-corrected chi connectivity index (χ2v) is 8.59. The highest BCUT2D eigenvalue weighted by atomic mass is 16.5. The van der Waals surface area contributed by atoms with Crippen molar-refractivity contribution in [3.05, 3.63) is 54.0 Å². The zero-order chi connectivity index (χ0) is 19.4. The highest BCUT2D eigenvalue weighted by Gasteiger charge is 2.61. The Labute approximate surface area is 163 Å². The summed E-state index contributed by atoms with van der Waals surface area (Å²) in [5, 5.41) is 6.17. The van der Waals surface area contributed by atoms with Crippen molar-refractivity contribution >= 4 is 11.8 Å². The number of hydrogen-bond acceptors (Lipinski definition) is 4. The Balaban J connectivity index is 1.37. The molecule has 6 nitrogen and oxygen atoms in total. The van der Waals surface area contributed by atoms with Gasteiger partial charge in [0.2, 0.25) is 5.91 Å². The fourth-order valence-electron chi connectivity index (χ4n) is 5.37. The fraction of sp³-hybridized carbons (Fsp3) is 0.455. The van der Waals surface area contributed by atoms with Crippen molar-refractivity contribution in [1.82, 2.24) is 10.6 Å². The van der Waals surface area contributed by atoms with Crippen molar-refractivity contribution < 1.29 is 18.7 Å². The standard InChI is InChI=1S/C22H24N2O4/c1-21-9-8-14(11-17(21)20(26)23-12-15-5-4-10-27-15)22(13-21)24-19(25)16-6-2-3-7-18(16)28-22/h2-7,10,14,17H,8-9,11-13H2,1H3,(H,23,26)(H,24,25)/t14-,17+,21-,22-/m0/s1. The molecule has 146 valence electrons. The van der Waals surface area contributed by atoms with E-state index in [2.05, 4.69) is 17.6 Å². The number of furan rings is 1. The summed E-state index contributed by atoms with van der Waals surface area (Å²) in [6, 6.07) is 11.0. The molecule has 6 heteroatoms. The summed E-state index contributed by atoms with van der Waals surface area (Å²) in [6.07, 6.45) is 4.86. The second kappa shape index (κ2) is 6.12. The van der Waals surface area contributed by atoms with Crippen LogP contribution in [0.2, 0.25) is 0 Å². The van der Waals surface area contributed by atoms with Crippen LogP contribution in [0.3, 0.4) is 0 Å². The van der Waals surface area contributed by atoms with Crippen LogP contribution in [0.25, 0.3) is 0 Å². The molecule has 3 saturated carbocycles. The van der Waals surface area contributed by atoms with Crippen molar-refractivity contribution in [2.45, 2.75) is 44.9 Å². The van der Waals surface area contributed by atoms with Crippen LogP contribution >= 0.6 is 0 Å². The van der Waals surface area contributed by atoms with Gasteiger partial charge in [0.1, 0.15) is 11.5 Å². The van der Waals surface area contributed by atoms with Gasteiger partial charge in [-0.2, -0.15) is 0 Å². The first kappa shape index (κ1) is 17.3. The average Bonchev–Trinajstić information content (AvgIpc) is 3.19. The van der Waals surface area contributed by atoms with E-state index in [1.165, 1.54) is 0 Å². The van der Waals surface area contributed by atoms with Gasteiger partial charge in [0.05, 0.1) is 18.4 Å². The zero-order valence-corrected chi connectivity index (χ0v) is 15.9. The molecule has 4 aliphatic rings. The van der Waals surface area contributed by atoms with Crippen molar-refractivity contribution in [3.8, 4) is 5.75 Å². The van der Waals surface area contributed by atoms with Gasteiger partial charge in [-0.25, -0.2) is 0 Å². The van der Waals surface area contributed by atoms with E-state index in [1.54, 1.807) is 12.3 Å². The number of carbonyl (C=O) groups excluding carboxylic acids is 2. The van der Waals surface area contributed by atoms with Crippen LogP contribution in [0.5, 0.6) is 5.75 Å². The monoisotopic (exact) mass is 380 g/mol. The molecule has 0 radical (unpaired) electrons. The molecule has 0 unspecified atom stereocenters. The van der Waals surface area contributed by atoms with Gasteiger partial charge in [-0.3, -0.25) is 9.59 Å². The number of rotatable bonds is 3. The largest absolute Gasteiger partial charge is 0.467 e. The molecule has 2 bridgehead atoms. The first-order chi connectivity index (χ1) is 13.5. The van der Waals surface area contributed by atoms with Crippen LogP contribution < -0.4 is 15.4 Å². The summed E-state index contributed by atoms with van der Waals surface area (Å²) in [4.78, 5) is 25.6. The maximum atomic E-state index is 12.9. The fourth-order valence-corrected chi connectivity index (χ4v) is 5.37. The van der Waals surface area contributed by atoms with Crippen molar-refractivity contribution in [2.75, 3.05) is 0 Å². The smallest absolute Gasteiger partial charge is 0.258 e. The number of hydrogen-bond donors (Lipinski definition) is 2. The number of nitrogens with one attached hydrogen (secondary N) is 2. The van der Waals surface area contributed by atoms with Gasteiger partial charge in [0.15, 0.2) is 5.72 Å². The number of para-hydroxylation sites is 1. The predicted octanol–water partition coefficient (Wildman–Crippen LogP) is 3.24. The van der Waals surface area contributed by atoms with E-state index in [1.807, 2.05) is 30.3 Å². The third kappa shape index (κ3) is 2.62. The van der Waals surface area contributed by atoms with E-state index in [9.17, 15) is 9.59 Å². The quantitative estimate of drug-likeness (QED) is 0.857. The molecule has 1 aromatic carbocycles. The lowest BCUT2D eigenvalue weighted by atomic mass is 9.52. The van der Waals surface area contributed by atoms with Gasteiger partial charge in [-0.1, -0.05) is 19.1 Å². The van der Waals surface area contributed by atoms with Gasteiger partial charge in [-0.05, 0) is 48.9 Å². The SMILES string of the molecule is C[C@@]12CC[C@@H](C[C@@H]1C(=O)NCc1ccco1)[C@@]1(C2)NC(=O)c2ccccc2O1. The topological polar surface area (TPSA) is 80.6 Å². The minimum atomic E-state index is -0.712. The van der Waals surface area contributed by atoms with E-state index in [0.717, 1.165) is 18.6 Å². The second-order valence-electron chi connectivity index (χ2n) is 8.59. The number of ether oxygens (including phenoxy) is 1. The third-order valence-corrected chi connectivity index (χ3v) is 6.83. The van der Waals surface area contributed by atoms with Gasteiger partial charge < -0.3 is 19.8 Å². The molecule has 1 aromatic heterocycles. The Morgan fingerprint density at radius 2 is 2.14 bits per heavy atom. The molecule has 1 spiro atoms. The molecule has 3 fully saturated rings. The van der Waals surface area contributed by atoms with Gasteiger partial charge >= 0.3 is 0 Å². The molecule has 28 heavy (non-hydrogen) atoms. The molecule has 2 amide bonds. The summed E-state index contributed by atoms with van der Waals surface area (Å²) >= 11 is 0. The zero-order valence-electron chi connectivity index (χ0n) is 15.9. The van der Waals surface area contributed by atoms with Gasteiger partial charge in [-0.15, -0.1) is 0 Å². The van der Waals surface area contributed by atoms with E-state index in [-0.39, 0.29) is 29.1 Å². The van der Waals surface area contributed by atoms with E-state index < -0.39 is 5.72 Å². The highest BCUT2D eigenvalue weighted by Crippen LogP contribution is 2.58. The van der Waals surface area contributed by atoms with E-state index in [0.29, 0.717) is 30.7 Å². The van der Waals surface area contributed by atoms with Crippen LogP contribution in [0.15, 0.2) is 47.1 Å². The minimum Gasteiger partial charge on any atom is -0.467 e. The number of amides is 2. The lowest BCUT2D eigenvalue weighted by Crippen LogP contribution is -2.69. The Kier molecular flexibility index (Phi) is 3.79. The summed E-state index contributed by atoms with van der Waals surface area (Å²) < 4.78 is 11.7. The number of benzene rings is 1. The Morgan fingerprint density at radius 1 is 1.29 bits per heavy atom. The van der Waals surface area contributed by atoms with Crippen molar-refractivity contribution in [3.63, 3.8) is 0 Å². The van der Waals surface area contributed by atoms with Crippen LogP contribution in [-0.4, -0.2) is 17.5 Å². The maximum absolute atomic E-state index is 12.9. The molecule has 4 atom stereocenters. The van der Waals surface area contributed by atoms with Gasteiger partial charge in [0.25, 0.3) is 5.91 Å². The Bertz CT molecular complexity index is 924. The number of fused-ring (bicyclic) bond motifs is 3. The number of carbonyl (C=O) groups is 2. The normalized spacial score (nSPS) is 33.1. The molecular formula is C22H24N2O4. The minimum absolute atomic E-state index is 0.0565. The van der Waals surface area contributed by atoms with Crippen molar-refractivity contribution in [1.29, 1.82) is 0 Å². The molecule has 3 aliphatic carbocycles. The van der Waals surface area contributed by atoms with Crippen molar-refractivity contribution in [2.24, 2.45) is 17.3 Å². The average molecular weight is 380 g/mol. The molecule has 0 saturated heterocycles. The van der Waals surface area contributed by atoms with Crippen LogP contribution in [0.4, 0.5) is 0 Å². The maximum Gasteiger partial charge on any atom is 0.258 e. The molecule has 2 aromatic rings. The van der Waals surface area contributed by atoms with E-state index >= 15 is 0 Å². The molecule has 2 N–H and O–H groups in total. The highest BCUT2D eigenvalue weighted by molar-refractivity contribution is 5.98. The lowest BCUT2D eigenvalue weighted by Gasteiger charge is -2.59. The Morgan fingerprint density at radius 3 is 2.93 bits per heavy atom. The lowest BCUT2D eigenvalue weighted by molar-refractivity contribution is -0.167. The summed E-state index contributed by atoms with van der Waals surface area (Å²) in [5.74, 6) is 1.38. The first-order valence-electron chi connectivity index (χ1n) is 9.90. The Hall–Kier alpha value is -2.76. The molecule has 2 heterocycles. The molecule has 1 aliphatic heterocycles. The predicted molar refractivity (Wildman–Crippen MR) is 101 cm³/mol. The van der Waals surface area contributed by atoms with Crippen LogP contribution in [0, 0.1) is 17.3 Å². The van der Waals surface area contributed by atoms with Crippen LogP contribution in [-0.2, 0) is 11.3 Å². The molecular weight excluding hydrogens is 356 g/mol. The first-order valence-corrected chi connectivity index (χ1v) is 9.90. The van der Waals surface area contributed by atoms with E-state index in [4.69, 9.17) is 9.15 Å². The molecule has 6 rings (SSSR count). The van der Waals surface area contributed by atoms with Gasteiger partial charge in [0, 0.05) is 18.3 Å². The van der Waals surface area contributed by atoms with Crippen LogP contribution in [0.1, 0.15) is 48.7 Å².